The molecule has 3 aliphatic carbocycles. The quantitative estimate of drug-likeness (QED) is 0.479. The molecule has 2 N–H and O–H groups in total. The molecule has 2 aliphatic heterocycles. The first-order valence-electron chi connectivity index (χ1n) is 15.9. The Kier molecular flexibility index (Phi) is 7.45. The van der Waals surface area contributed by atoms with Crippen molar-refractivity contribution in [2.24, 2.45) is 5.92 Å². The Hall–Kier alpha value is -3.41. The van der Waals surface area contributed by atoms with Gasteiger partial charge in [0.05, 0.1) is 24.1 Å². The molecule has 2 fully saturated rings. The lowest BCUT2D eigenvalue weighted by Gasteiger charge is -2.32. The number of likely N-dealkylation sites (N-methyl/N-ethyl adjacent to an activating group) is 1. The van der Waals surface area contributed by atoms with Gasteiger partial charge in [0.25, 0.3) is 5.91 Å². The number of hydrogen-bond acceptors (Lipinski definition) is 6. The summed E-state index contributed by atoms with van der Waals surface area (Å²) in [7, 11) is -2.37. The number of carbonyl (C=O) groups is 2. The Morgan fingerprint density at radius 2 is 1.84 bits per heavy atom. The predicted octanol–water partition coefficient (Wildman–Crippen LogP) is 4.06. The second-order valence-electron chi connectivity index (χ2n) is 12.6. The van der Waals surface area contributed by atoms with Crippen molar-refractivity contribution in [3.63, 3.8) is 0 Å². The molecule has 10 nitrogen and oxygen atoms in total. The van der Waals surface area contributed by atoms with Crippen LogP contribution >= 0.6 is 0 Å². The Bertz CT molecular complexity index is 1740. The highest BCUT2D eigenvalue weighted by atomic mass is 32.2. The number of methoxy groups -OCH3 is 1. The molecule has 1 aromatic heterocycles. The number of benzene rings is 1. The second kappa shape index (κ2) is 11.2. The van der Waals surface area contributed by atoms with Gasteiger partial charge in [0.15, 0.2) is 0 Å². The number of allylic oxidation sites excluding steroid dienone is 4. The Labute approximate surface area is 258 Å². The molecule has 5 aliphatic rings. The number of fused-ring (bicyclic) bond motifs is 6. The molecule has 0 spiro atoms. The first-order chi connectivity index (χ1) is 21.2. The molecule has 1 saturated heterocycles. The van der Waals surface area contributed by atoms with Crippen molar-refractivity contribution in [3.8, 4) is 5.75 Å². The fourth-order valence-corrected chi connectivity index (χ4v) is 9.14. The maximum atomic E-state index is 13.7. The van der Waals surface area contributed by atoms with Crippen LogP contribution in [-0.2, 0) is 26.3 Å². The maximum absolute atomic E-state index is 13.7. The van der Waals surface area contributed by atoms with Crippen LogP contribution in [0.4, 0.5) is 0 Å². The lowest BCUT2D eigenvalue weighted by Crippen LogP contribution is -2.52. The number of aromatic nitrogens is 1. The number of hydrogen-bond donors (Lipinski definition) is 2. The van der Waals surface area contributed by atoms with E-state index in [-0.39, 0.29) is 0 Å². The molecular formula is C33H40N4O6S. The molecule has 234 valence electrons. The number of rotatable bonds is 7. The van der Waals surface area contributed by atoms with Crippen molar-refractivity contribution in [1.82, 2.24) is 18.5 Å². The second-order valence-corrected chi connectivity index (χ2v) is 14.3. The van der Waals surface area contributed by atoms with Gasteiger partial charge >= 0.3 is 16.2 Å². The third-order valence-corrected chi connectivity index (χ3v) is 11.9. The molecule has 0 radical (unpaired) electrons. The summed E-state index contributed by atoms with van der Waals surface area (Å²) in [6.45, 7) is 5.16. The van der Waals surface area contributed by atoms with Gasteiger partial charge in [0.1, 0.15) is 5.75 Å². The predicted molar refractivity (Wildman–Crippen MR) is 167 cm³/mol. The molecule has 1 amide bonds. The number of carboxylic acids is 1. The maximum Gasteiger partial charge on any atom is 0.307 e. The summed E-state index contributed by atoms with van der Waals surface area (Å²) < 4.78 is 38.2. The van der Waals surface area contributed by atoms with Gasteiger partial charge in [-0.05, 0) is 66.1 Å². The SMILES string of the molecule is CCN1CCN(S(=O)(=O)NC(=O)C2=C3Cn4c(cc5c(OC)ccc(C6CCCCC6)c54)C4C(=C32)C=CC[C@H]4C(=O)O)CC1. The Balaban J connectivity index is 1.32. The molecule has 7 rings (SSSR count). The third kappa shape index (κ3) is 4.80. The molecule has 3 heterocycles. The molecule has 0 bridgehead atoms. The first-order valence-corrected chi connectivity index (χ1v) is 17.3. The van der Waals surface area contributed by atoms with Crippen molar-refractivity contribution >= 4 is 33.0 Å². The van der Waals surface area contributed by atoms with Crippen molar-refractivity contribution < 1.29 is 27.9 Å². The van der Waals surface area contributed by atoms with Gasteiger partial charge in [-0.1, -0.05) is 44.4 Å². The van der Waals surface area contributed by atoms with Crippen molar-refractivity contribution in [2.45, 2.75) is 63.8 Å². The van der Waals surface area contributed by atoms with Crippen LogP contribution in [0.3, 0.4) is 0 Å². The summed E-state index contributed by atoms with van der Waals surface area (Å²) >= 11 is 0. The highest BCUT2D eigenvalue weighted by Gasteiger charge is 2.48. The van der Waals surface area contributed by atoms with Crippen LogP contribution in [-0.4, -0.2) is 79.0 Å². The summed E-state index contributed by atoms with van der Waals surface area (Å²) in [5.41, 5.74) is 5.80. The van der Waals surface area contributed by atoms with E-state index >= 15 is 0 Å². The van der Waals surface area contributed by atoms with E-state index in [1.807, 2.05) is 25.1 Å². The summed E-state index contributed by atoms with van der Waals surface area (Å²) in [5.74, 6) is -1.60. The fraction of sp³-hybridized carbons (Fsp3) is 0.515. The van der Waals surface area contributed by atoms with Gasteiger partial charge in [-0.25, -0.2) is 4.72 Å². The lowest BCUT2D eigenvalue weighted by atomic mass is 9.76. The molecule has 1 unspecified atom stereocenters. The fourth-order valence-electron chi connectivity index (χ4n) is 8.03. The van der Waals surface area contributed by atoms with E-state index in [0.29, 0.717) is 56.2 Å². The zero-order chi connectivity index (χ0) is 30.7. The first kappa shape index (κ1) is 29.3. The van der Waals surface area contributed by atoms with E-state index in [1.165, 1.54) is 29.1 Å². The van der Waals surface area contributed by atoms with Crippen LogP contribution in [0.2, 0.25) is 0 Å². The van der Waals surface area contributed by atoms with Crippen molar-refractivity contribution in [3.05, 3.63) is 63.9 Å². The zero-order valence-corrected chi connectivity index (χ0v) is 26.2. The molecule has 44 heavy (non-hydrogen) atoms. The van der Waals surface area contributed by atoms with E-state index in [1.54, 1.807) is 7.11 Å². The highest BCUT2D eigenvalue weighted by Crippen LogP contribution is 2.55. The van der Waals surface area contributed by atoms with Gasteiger partial charge < -0.3 is 19.3 Å². The summed E-state index contributed by atoms with van der Waals surface area (Å²) in [6.07, 6.45) is 9.95. The van der Waals surface area contributed by atoms with Gasteiger partial charge in [-0.15, -0.1) is 0 Å². The normalized spacial score (nSPS) is 24.5. The van der Waals surface area contributed by atoms with E-state index in [9.17, 15) is 23.1 Å². The number of amides is 1. The standard InChI is InChI=1S/C33H40N4O6S/c1-3-35-14-16-36(17-15-35)44(41,42)34-32(38)30-25-19-37-26(28-22(29(25)30)10-7-11-23(28)33(39)40)18-24-27(43-2)13-12-21(31(24)37)20-8-5-4-6-9-20/h7,10,12-13,18,20,23,28H,3-6,8-9,11,14-17,19H2,1-2H3,(H,34,38)(H,39,40)/t23-,28?/m1/s1. The van der Waals surface area contributed by atoms with Crippen LogP contribution in [0.1, 0.15) is 68.5 Å². The minimum Gasteiger partial charge on any atom is -0.496 e. The number of nitrogens with zero attached hydrogens (tertiary/aromatic N) is 3. The monoisotopic (exact) mass is 620 g/mol. The van der Waals surface area contributed by atoms with Gasteiger partial charge in [-0.2, -0.15) is 12.7 Å². The molecule has 1 saturated carbocycles. The number of piperazine rings is 1. The number of nitrogens with one attached hydrogen (secondary N) is 1. The van der Waals surface area contributed by atoms with E-state index in [4.69, 9.17) is 4.74 Å². The van der Waals surface area contributed by atoms with Gasteiger partial charge in [0.2, 0.25) is 0 Å². The van der Waals surface area contributed by atoms with Crippen molar-refractivity contribution in [2.75, 3.05) is 39.8 Å². The topological polar surface area (TPSA) is 121 Å². The molecular weight excluding hydrogens is 580 g/mol. The number of carboxylic acid groups (broad SMARTS) is 1. The minimum atomic E-state index is -4.02. The van der Waals surface area contributed by atoms with Gasteiger partial charge in [0, 0.05) is 49.7 Å². The zero-order valence-electron chi connectivity index (χ0n) is 25.3. The van der Waals surface area contributed by atoms with Crippen LogP contribution in [0.25, 0.3) is 10.9 Å². The molecule has 2 atom stereocenters. The minimum absolute atomic E-state index is 0.325. The highest BCUT2D eigenvalue weighted by molar-refractivity contribution is 7.87. The average Bonchev–Trinajstić information content (AvgIpc) is 3.66. The lowest BCUT2D eigenvalue weighted by molar-refractivity contribution is -0.142. The van der Waals surface area contributed by atoms with E-state index < -0.39 is 33.9 Å². The Morgan fingerprint density at radius 1 is 1.09 bits per heavy atom. The third-order valence-electron chi connectivity index (χ3n) is 10.4. The Morgan fingerprint density at radius 3 is 2.52 bits per heavy atom. The summed E-state index contributed by atoms with van der Waals surface area (Å²) in [5, 5.41) is 11.3. The molecule has 1 aromatic carbocycles. The largest absolute Gasteiger partial charge is 0.496 e. The van der Waals surface area contributed by atoms with Crippen LogP contribution in [0, 0.1) is 5.92 Å². The number of ether oxygens (including phenoxy) is 1. The van der Waals surface area contributed by atoms with Crippen LogP contribution < -0.4 is 9.46 Å². The number of aliphatic carboxylic acids is 1. The summed E-state index contributed by atoms with van der Waals surface area (Å²) in [6, 6.07) is 6.26. The van der Waals surface area contributed by atoms with Crippen LogP contribution in [0.15, 0.2) is 52.6 Å². The smallest absolute Gasteiger partial charge is 0.307 e. The average molecular weight is 621 g/mol. The molecule has 11 heteroatoms. The van der Waals surface area contributed by atoms with E-state index in [0.717, 1.165) is 52.9 Å². The van der Waals surface area contributed by atoms with Crippen molar-refractivity contribution in [1.29, 1.82) is 0 Å². The van der Waals surface area contributed by atoms with E-state index in [2.05, 4.69) is 26.3 Å². The summed E-state index contributed by atoms with van der Waals surface area (Å²) in [4.78, 5) is 28.5. The number of carbonyl (C=O) groups excluding carboxylic acids is 1. The molecule has 2 aromatic rings. The van der Waals surface area contributed by atoms with Crippen LogP contribution in [0.5, 0.6) is 5.75 Å². The van der Waals surface area contributed by atoms with Gasteiger partial charge in [-0.3, -0.25) is 9.59 Å².